The second-order valence-corrected chi connectivity index (χ2v) is 5.41. The summed E-state index contributed by atoms with van der Waals surface area (Å²) >= 11 is 4.11. The van der Waals surface area contributed by atoms with E-state index in [2.05, 4.69) is 12.6 Å². The van der Waals surface area contributed by atoms with E-state index in [1.807, 2.05) is 6.26 Å². The van der Waals surface area contributed by atoms with E-state index in [1.54, 1.807) is 14.2 Å². The normalized spacial score (nSPS) is 13.6. The van der Waals surface area contributed by atoms with Gasteiger partial charge in [0.05, 0.1) is 14.2 Å². The lowest BCUT2D eigenvalue weighted by molar-refractivity contribution is 0.351. The Kier molecular flexibility index (Phi) is 5.62. The fourth-order valence-electron chi connectivity index (χ4n) is 0.561. The Balaban J connectivity index is 3.58. The monoisotopic (exact) mass is 184 g/mol. The maximum absolute atomic E-state index is 5.22. The molecule has 0 rings (SSSR count). The molecule has 0 aromatic carbocycles. The van der Waals surface area contributed by atoms with Crippen LogP contribution >= 0.6 is 23.2 Å². The van der Waals surface area contributed by atoms with Crippen molar-refractivity contribution in [1.82, 2.24) is 0 Å². The van der Waals surface area contributed by atoms with Crippen molar-refractivity contribution in [3.63, 3.8) is 0 Å². The summed E-state index contributed by atoms with van der Waals surface area (Å²) in [5, 5.41) is 0. The molecule has 0 amide bonds. The minimum absolute atomic E-state index is 0.898. The summed E-state index contributed by atoms with van der Waals surface area (Å²) in [6.07, 6.45) is 3.06. The van der Waals surface area contributed by atoms with Crippen LogP contribution in [0, 0.1) is 0 Å². The van der Waals surface area contributed by atoms with Gasteiger partial charge in [-0.15, -0.1) is 0 Å². The van der Waals surface area contributed by atoms with Gasteiger partial charge in [0.1, 0.15) is 0 Å². The van der Waals surface area contributed by atoms with Crippen LogP contribution in [0.25, 0.3) is 0 Å². The van der Waals surface area contributed by atoms with E-state index in [4.69, 9.17) is 8.37 Å². The van der Waals surface area contributed by atoms with E-state index in [9.17, 15) is 0 Å². The van der Waals surface area contributed by atoms with Crippen molar-refractivity contribution in [2.45, 2.75) is 6.42 Å². The van der Waals surface area contributed by atoms with Crippen molar-refractivity contribution < 1.29 is 8.37 Å². The van der Waals surface area contributed by atoms with Gasteiger partial charge in [0.2, 0.25) is 0 Å². The predicted molar refractivity (Wildman–Crippen MR) is 50.9 cm³/mol. The second-order valence-electron chi connectivity index (χ2n) is 2.04. The minimum Gasteiger partial charge on any atom is -0.288 e. The molecule has 0 atom stereocenters. The van der Waals surface area contributed by atoms with E-state index < -0.39 is 10.6 Å². The Labute approximate surface area is 70.4 Å². The Morgan fingerprint density at radius 2 is 1.80 bits per heavy atom. The number of thiol groups is 1. The first-order valence-corrected chi connectivity index (χ1v) is 5.86. The lowest BCUT2D eigenvalue weighted by Gasteiger charge is -2.36. The van der Waals surface area contributed by atoms with Gasteiger partial charge in [0.25, 0.3) is 0 Å². The van der Waals surface area contributed by atoms with Gasteiger partial charge in [-0.05, 0) is 12.2 Å². The highest BCUT2D eigenvalue weighted by Gasteiger charge is 2.09. The van der Waals surface area contributed by atoms with Crippen LogP contribution in [0.3, 0.4) is 0 Å². The summed E-state index contributed by atoms with van der Waals surface area (Å²) in [4.78, 5) is 0. The average molecular weight is 184 g/mol. The van der Waals surface area contributed by atoms with Gasteiger partial charge in [0, 0.05) is 12.0 Å². The molecule has 0 N–H and O–H groups in total. The van der Waals surface area contributed by atoms with E-state index in [0.29, 0.717) is 0 Å². The molecule has 0 aliphatic rings. The first kappa shape index (κ1) is 10.6. The van der Waals surface area contributed by atoms with Crippen LogP contribution in [0.4, 0.5) is 0 Å². The Hall–Kier alpha value is 0.620. The SMILES string of the molecule is COS(C)(CCCS)OC. The van der Waals surface area contributed by atoms with E-state index in [1.165, 1.54) is 0 Å². The predicted octanol–water partition coefficient (Wildman–Crippen LogP) is 1.86. The van der Waals surface area contributed by atoms with Gasteiger partial charge < -0.3 is 0 Å². The highest BCUT2D eigenvalue weighted by molar-refractivity contribution is 8.25. The zero-order valence-corrected chi connectivity index (χ0v) is 8.50. The molecule has 64 valence electrons. The molecule has 2 nitrogen and oxygen atoms in total. The average Bonchev–Trinajstić information content (AvgIpc) is 2.00. The fraction of sp³-hybridized carbons (Fsp3) is 1.00. The van der Waals surface area contributed by atoms with Crippen molar-refractivity contribution in [3.8, 4) is 0 Å². The van der Waals surface area contributed by atoms with Gasteiger partial charge in [-0.1, -0.05) is 0 Å². The molecule has 4 heteroatoms. The van der Waals surface area contributed by atoms with E-state index in [-0.39, 0.29) is 0 Å². The van der Waals surface area contributed by atoms with E-state index in [0.717, 1.165) is 17.9 Å². The molecule has 0 aliphatic carbocycles. The van der Waals surface area contributed by atoms with Crippen molar-refractivity contribution in [1.29, 1.82) is 0 Å². The van der Waals surface area contributed by atoms with Crippen molar-refractivity contribution in [3.05, 3.63) is 0 Å². The van der Waals surface area contributed by atoms with Crippen LogP contribution in [-0.2, 0) is 8.37 Å². The summed E-state index contributed by atoms with van der Waals surface area (Å²) < 4.78 is 10.4. The fourth-order valence-corrected chi connectivity index (χ4v) is 2.07. The smallest absolute Gasteiger partial charge is 0.0603 e. The maximum atomic E-state index is 5.22. The lowest BCUT2D eigenvalue weighted by Crippen LogP contribution is -2.07. The number of rotatable bonds is 5. The molecule has 0 aromatic heterocycles. The first-order valence-electron chi connectivity index (χ1n) is 3.16. The minimum atomic E-state index is -1.23. The highest BCUT2D eigenvalue weighted by atomic mass is 32.3. The summed E-state index contributed by atoms with van der Waals surface area (Å²) in [7, 11) is 2.16. The molecule has 0 unspecified atom stereocenters. The van der Waals surface area contributed by atoms with Gasteiger partial charge in [-0.2, -0.15) is 23.2 Å². The molecule has 0 saturated carbocycles. The number of hydrogen-bond donors (Lipinski definition) is 1. The third-order valence-electron chi connectivity index (χ3n) is 1.38. The van der Waals surface area contributed by atoms with E-state index >= 15 is 0 Å². The van der Waals surface area contributed by atoms with Gasteiger partial charge >= 0.3 is 0 Å². The van der Waals surface area contributed by atoms with Crippen molar-refractivity contribution in [2.75, 3.05) is 32.0 Å². The first-order chi connectivity index (χ1) is 4.68. The maximum Gasteiger partial charge on any atom is 0.0603 e. The van der Waals surface area contributed by atoms with Crippen LogP contribution < -0.4 is 0 Å². The van der Waals surface area contributed by atoms with Gasteiger partial charge in [-0.25, -0.2) is 0 Å². The summed E-state index contributed by atoms with van der Waals surface area (Å²) in [6, 6.07) is 0. The van der Waals surface area contributed by atoms with Crippen LogP contribution in [0.15, 0.2) is 0 Å². The van der Waals surface area contributed by atoms with Crippen LogP contribution in [0.2, 0.25) is 0 Å². The molecule has 0 aliphatic heterocycles. The topological polar surface area (TPSA) is 18.5 Å². The zero-order chi connectivity index (χ0) is 8.04. The summed E-state index contributed by atoms with van der Waals surface area (Å²) in [5.41, 5.74) is 0. The molecule has 0 spiro atoms. The third-order valence-corrected chi connectivity index (χ3v) is 4.14. The quantitative estimate of drug-likeness (QED) is 0.658. The number of hydrogen-bond acceptors (Lipinski definition) is 3. The van der Waals surface area contributed by atoms with Crippen molar-refractivity contribution >= 4 is 23.2 Å². The Morgan fingerprint density at radius 1 is 1.30 bits per heavy atom. The standard InChI is InChI=1S/C6H16O2S2/c1-7-10(3,8-2)6-4-5-9/h9H,4-6H2,1-3H3. The van der Waals surface area contributed by atoms with Gasteiger partial charge in [0.15, 0.2) is 0 Å². The Bertz CT molecular complexity index is 83.8. The molecule has 0 fully saturated rings. The molecule has 0 radical (unpaired) electrons. The summed E-state index contributed by atoms with van der Waals surface area (Å²) in [6.45, 7) is 0. The molecule has 0 aromatic rings. The van der Waals surface area contributed by atoms with Crippen LogP contribution in [0.5, 0.6) is 0 Å². The molecule has 0 bridgehead atoms. The zero-order valence-electron chi connectivity index (χ0n) is 6.79. The third kappa shape index (κ3) is 3.71. The van der Waals surface area contributed by atoms with Crippen molar-refractivity contribution in [2.24, 2.45) is 0 Å². The molecular weight excluding hydrogens is 168 g/mol. The Morgan fingerprint density at radius 3 is 2.10 bits per heavy atom. The molecular formula is C6H16O2S2. The van der Waals surface area contributed by atoms with Crippen LogP contribution in [-0.4, -0.2) is 32.0 Å². The largest absolute Gasteiger partial charge is 0.288 e. The summed E-state index contributed by atoms with van der Waals surface area (Å²) in [5.74, 6) is 1.87. The van der Waals surface area contributed by atoms with Gasteiger partial charge in [-0.3, -0.25) is 8.37 Å². The van der Waals surface area contributed by atoms with Crippen LogP contribution in [0.1, 0.15) is 6.42 Å². The highest BCUT2D eigenvalue weighted by Crippen LogP contribution is 2.45. The lowest BCUT2D eigenvalue weighted by atomic mass is 10.6. The molecule has 0 heterocycles. The molecule has 10 heavy (non-hydrogen) atoms. The molecule has 0 saturated heterocycles. The second kappa shape index (κ2) is 5.29.